The number of rotatable bonds is 4. The first-order chi connectivity index (χ1) is 9.61. The summed E-state index contributed by atoms with van der Waals surface area (Å²) in [6.07, 6.45) is 2.93. The number of hydrogen-bond acceptors (Lipinski definition) is 4. The lowest BCUT2D eigenvalue weighted by Gasteiger charge is -2.04. The summed E-state index contributed by atoms with van der Waals surface area (Å²) < 4.78 is 4.42. The number of fused-ring (bicyclic) bond motifs is 1. The predicted molar refractivity (Wildman–Crippen MR) is 78.0 cm³/mol. The van der Waals surface area contributed by atoms with Crippen LogP contribution in [0.15, 0.2) is 48.5 Å². The van der Waals surface area contributed by atoms with Gasteiger partial charge >= 0.3 is 5.97 Å². The molecule has 0 spiro atoms. The zero-order chi connectivity index (χ0) is 14.5. The van der Waals surface area contributed by atoms with Gasteiger partial charge in [-0.15, -0.1) is 0 Å². The lowest BCUT2D eigenvalue weighted by atomic mass is 10.1. The van der Waals surface area contributed by atoms with Gasteiger partial charge in [-0.3, -0.25) is 4.79 Å². The molecule has 4 heteroatoms. The molecule has 2 rings (SSSR count). The molecule has 2 aromatic rings. The Labute approximate surface area is 116 Å². The second-order valence-electron chi connectivity index (χ2n) is 4.34. The molecule has 0 aromatic heterocycles. The van der Waals surface area contributed by atoms with Crippen LogP contribution < -0.4 is 5.73 Å². The van der Waals surface area contributed by atoms with E-state index in [-0.39, 0.29) is 0 Å². The average Bonchev–Trinajstić information content (AvgIpc) is 2.50. The van der Waals surface area contributed by atoms with E-state index in [4.69, 9.17) is 5.73 Å². The third-order valence-electron chi connectivity index (χ3n) is 2.98. The van der Waals surface area contributed by atoms with E-state index in [9.17, 15) is 9.59 Å². The van der Waals surface area contributed by atoms with Crippen molar-refractivity contribution in [2.45, 2.75) is 6.04 Å². The molecule has 0 aliphatic heterocycles. The highest BCUT2D eigenvalue weighted by molar-refractivity contribution is 6.10. The molecule has 0 bridgehead atoms. The van der Waals surface area contributed by atoms with Gasteiger partial charge in [0.2, 0.25) is 0 Å². The van der Waals surface area contributed by atoms with Crippen LogP contribution in [0.4, 0.5) is 0 Å². The molecular weight excluding hydrogens is 254 g/mol. The summed E-state index contributed by atoms with van der Waals surface area (Å²) in [6, 6.07) is 12.5. The summed E-state index contributed by atoms with van der Waals surface area (Å²) in [5, 5.41) is 2.21. The van der Waals surface area contributed by atoms with Crippen molar-refractivity contribution in [1.29, 1.82) is 0 Å². The molecule has 1 unspecified atom stereocenters. The molecule has 0 fully saturated rings. The summed E-state index contributed by atoms with van der Waals surface area (Å²) in [5.74, 6) is -1.22. The normalized spacial score (nSPS) is 12.5. The zero-order valence-electron chi connectivity index (χ0n) is 11.1. The number of ketones is 1. The van der Waals surface area contributed by atoms with Gasteiger partial charge in [-0.05, 0) is 28.5 Å². The molecular formula is C16H15NO3. The van der Waals surface area contributed by atoms with Crippen LogP contribution in [0, 0.1) is 0 Å². The van der Waals surface area contributed by atoms with E-state index in [1.165, 1.54) is 13.2 Å². The van der Waals surface area contributed by atoms with E-state index in [1.807, 2.05) is 42.5 Å². The largest absolute Gasteiger partial charge is 0.468 e. The van der Waals surface area contributed by atoms with Crippen LogP contribution >= 0.6 is 0 Å². The minimum absolute atomic E-state index is 0.481. The lowest BCUT2D eigenvalue weighted by Crippen LogP contribution is -2.38. The van der Waals surface area contributed by atoms with Crippen LogP contribution in [-0.4, -0.2) is 24.9 Å². The zero-order valence-corrected chi connectivity index (χ0v) is 11.1. The molecule has 0 aliphatic rings. The second-order valence-corrected chi connectivity index (χ2v) is 4.34. The second kappa shape index (κ2) is 6.12. The smallest absolute Gasteiger partial charge is 0.330 e. The summed E-state index contributed by atoms with van der Waals surface area (Å²) in [6.45, 7) is 0. The topological polar surface area (TPSA) is 69.4 Å². The van der Waals surface area contributed by atoms with Gasteiger partial charge in [-0.1, -0.05) is 42.5 Å². The Hall–Kier alpha value is -2.46. The quantitative estimate of drug-likeness (QED) is 0.523. The molecule has 0 heterocycles. The van der Waals surface area contributed by atoms with Crippen molar-refractivity contribution in [3.63, 3.8) is 0 Å². The molecule has 102 valence electrons. The minimum Gasteiger partial charge on any atom is -0.468 e. The van der Waals surface area contributed by atoms with Gasteiger partial charge in [0.05, 0.1) is 7.11 Å². The van der Waals surface area contributed by atoms with Gasteiger partial charge in [-0.2, -0.15) is 0 Å². The standard InChI is InChI=1S/C16H15NO3/c1-20-16(19)15(17)14(18)9-7-11-6-8-12-4-2-3-5-13(12)10-11/h2-10,15H,17H2,1H3/b9-7+. The number of hydrogen-bond donors (Lipinski definition) is 1. The summed E-state index contributed by atoms with van der Waals surface area (Å²) in [7, 11) is 1.20. The SMILES string of the molecule is COC(=O)C(N)C(=O)/C=C/c1ccc2ccccc2c1. The molecule has 20 heavy (non-hydrogen) atoms. The molecule has 0 aliphatic carbocycles. The first kappa shape index (κ1) is 14.0. The number of nitrogens with two attached hydrogens (primary N) is 1. The number of carbonyl (C=O) groups is 2. The molecule has 0 saturated heterocycles. The van der Waals surface area contributed by atoms with E-state index in [2.05, 4.69) is 4.74 Å². The van der Waals surface area contributed by atoms with Crippen molar-refractivity contribution in [2.24, 2.45) is 5.73 Å². The molecule has 0 saturated carbocycles. The summed E-state index contributed by atoms with van der Waals surface area (Å²) in [4.78, 5) is 22.8. The van der Waals surface area contributed by atoms with Crippen LogP contribution in [0.5, 0.6) is 0 Å². The van der Waals surface area contributed by atoms with E-state index in [0.717, 1.165) is 16.3 Å². The Balaban J connectivity index is 2.17. The molecule has 1 atom stereocenters. The fourth-order valence-electron chi connectivity index (χ4n) is 1.84. The number of carbonyl (C=O) groups excluding carboxylic acids is 2. The lowest BCUT2D eigenvalue weighted by molar-refractivity contribution is -0.144. The Bertz CT molecular complexity index is 676. The van der Waals surface area contributed by atoms with Gasteiger partial charge in [0.1, 0.15) is 0 Å². The highest BCUT2D eigenvalue weighted by Gasteiger charge is 2.19. The van der Waals surface area contributed by atoms with Gasteiger partial charge in [0.25, 0.3) is 0 Å². The van der Waals surface area contributed by atoms with Gasteiger partial charge < -0.3 is 10.5 Å². The molecule has 0 amide bonds. The van der Waals surface area contributed by atoms with Crippen molar-refractivity contribution in [1.82, 2.24) is 0 Å². The van der Waals surface area contributed by atoms with Gasteiger partial charge in [0, 0.05) is 0 Å². The highest BCUT2D eigenvalue weighted by Crippen LogP contribution is 2.16. The number of methoxy groups -OCH3 is 1. The van der Waals surface area contributed by atoms with E-state index in [0.29, 0.717) is 0 Å². The van der Waals surface area contributed by atoms with Crippen LogP contribution in [0.2, 0.25) is 0 Å². The molecule has 4 nitrogen and oxygen atoms in total. The molecule has 2 N–H and O–H groups in total. The third kappa shape index (κ3) is 3.10. The van der Waals surface area contributed by atoms with Crippen LogP contribution in [0.25, 0.3) is 16.8 Å². The van der Waals surface area contributed by atoms with Gasteiger partial charge in [0.15, 0.2) is 11.8 Å². The van der Waals surface area contributed by atoms with Crippen LogP contribution in [0.1, 0.15) is 5.56 Å². The van der Waals surface area contributed by atoms with Crippen molar-refractivity contribution < 1.29 is 14.3 Å². The molecule has 0 radical (unpaired) electrons. The fraction of sp³-hybridized carbons (Fsp3) is 0.125. The minimum atomic E-state index is -1.27. The number of esters is 1. The Morgan fingerprint density at radius 1 is 1.15 bits per heavy atom. The maximum absolute atomic E-state index is 11.7. The van der Waals surface area contributed by atoms with E-state index in [1.54, 1.807) is 6.08 Å². The fourth-order valence-corrected chi connectivity index (χ4v) is 1.84. The van der Waals surface area contributed by atoms with Crippen LogP contribution in [0.3, 0.4) is 0 Å². The monoisotopic (exact) mass is 269 g/mol. The first-order valence-corrected chi connectivity index (χ1v) is 6.16. The maximum Gasteiger partial charge on any atom is 0.330 e. The van der Waals surface area contributed by atoms with E-state index >= 15 is 0 Å². The van der Waals surface area contributed by atoms with Gasteiger partial charge in [-0.25, -0.2) is 4.79 Å². The number of benzene rings is 2. The summed E-state index contributed by atoms with van der Waals surface area (Å²) >= 11 is 0. The van der Waals surface area contributed by atoms with Crippen LogP contribution in [-0.2, 0) is 14.3 Å². The van der Waals surface area contributed by atoms with Crippen molar-refractivity contribution in [2.75, 3.05) is 7.11 Å². The van der Waals surface area contributed by atoms with Crippen molar-refractivity contribution >= 4 is 28.6 Å². The Morgan fingerprint density at radius 2 is 1.85 bits per heavy atom. The Morgan fingerprint density at radius 3 is 2.55 bits per heavy atom. The predicted octanol–water partition coefficient (Wildman–Crippen LogP) is 1.92. The maximum atomic E-state index is 11.7. The third-order valence-corrected chi connectivity index (χ3v) is 2.98. The molecule has 2 aromatic carbocycles. The van der Waals surface area contributed by atoms with E-state index < -0.39 is 17.8 Å². The highest BCUT2D eigenvalue weighted by atomic mass is 16.5. The first-order valence-electron chi connectivity index (χ1n) is 6.16. The number of ether oxygens (including phenoxy) is 1. The average molecular weight is 269 g/mol. The Kier molecular flexibility index (Phi) is 4.27. The van der Waals surface area contributed by atoms with Crippen molar-refractivity contribution in [3.05, 3.63) is 54.1 Å². The van der Waals surface area contributed by atoms with Crippen molar-refractivity contribution in [3.8, 4) is 0 Å². The summed E-state index contributed by atoms with van der Waals surface area (Å²) in [5.41, 5.74) is 6.32.